The number of amides is 2. The lowest BCUT2D eigenvalue weighted by atomic mass is 10.1. The van der Waals surface area contributed by atoms with Crippen LogP contribution in [0.15, 0.2) is 18.2 Å². The summed E-state index contributed by atoms with van der Waals surface area (Å²) in [5, 5.41) is 4.96. The van der Waals surface area contributed by atoms with E-state index in [1.807, 2.05) is 0 Å². The number of carbonyl (C=O) groups excluding carboxylic acids is 3. The van der Waals surface area contributed by atoms with Crippen molar-refractivity contribution in [1.29, 1.82) is 0 Å². The Labute approximate surface area is 128 Å². The molecule has 1 rings (SSSR count). The van der Waals surface area contributed by atoms with Crippen molar-refractivity contribution in [3.8, 4) is 0 Å². The summed E-state index contributed by atoms with van der Waals surface area (Å²) in [7, 11) is 1.30. The van der Waals surface area contributed by atoms with Gasteiger partial charge in [-0.25, -0.2) is 4.79 Å². The smallest absolute Gasteiger partial charge is 0.338 e. The number of ether oxygens (including phenoxy) is 1. The van der Waals surface area contributed by atoms with E-state index in [4.69, 9.17) is 5.73 Å². The summed E-state index contributed by atoms with van der Waals surface area (Å²) in [6.45, 7) is 1.41. The van der Waals surface area contributed by atoms with Crippen LogP contribution in [-0.4, -0.2) is 38.0 Å². The molecule has 0 atom stereocenters. The normalized spacial score (nSPS) is 9.29. The summed E-state index contributed by atoms with van der Waals surface area (Å²) in [5.74, 6) is -1.22. The molecule has 116 valence electrons. The molecule has 2 amide bonds. The average molecular weight is 316 g/mol. The molecular formula is C13H18ClN3O4. The number of anilines is 1. The summed E-state index contributed by atoms with van der Waals surface area (Å²) >= 11 is 0. The first-order valence-corrected chi connectivity index (χ1v) is 5.93. The number of rotatable bonds is 5. The molecule has 0 saturated heterocycles. The molecule has 0 fully saturated rings. The molecule has 1 aromatic carbocycles. The molecule has 4 N–H and O–H groups in total. The van der Waals surface area contributed by atoms with E-state index in [1.165, 1.54) is 7.11 Å². The highest BCUT2D eigenvalue weighted by Gasteiger charge is 2.10. The molecule has 8 heteroatoms. The van der Waals surface area contributed by atoms with Gasteiger partial charge in [-0.05, 0) is 30.7 Å². The van der Waals surface area contributed by atoms with Crippen LogP contribution in [0.2, 0.25) is 0 Å². The topological polar surface area (TPSA) is 111 Å². The average Bonchev–Trinajstić information content (AvgIpc) is 2.44. The lowest BCUT2D eigenvalue weighted by Gasteiger charge is -2.09. The number of halogens is 1. The molecule has 0 bridgehead atoms. The minimum absolute atomic E-state index is 0. The van der Waals surface area contributed by atoms with E-state index >= 15 is 0 Å². The van der Waals surface area contributed by atoms with Crippen LogP contribution in [-0.2, 0) is 14.3 Å². The molecular weight excluding hydrogens is 298 g/mol. The van der Waals surface area contributed by atoms with Gasteiger partial charge in [0.15, 0.2) is 0 Å². The zero-order valence-electron chi connectivity index (χ0n) is 11.8. The number of methoxy groups -OCH3 is 1. The van der Waals surface area contributed by atoms with Gasteiger partial charge in [-0.2, -0.15) is 0 Å². The third-order valence-electron chi connectivity index (χ3n) is 2.55. The lowest BCUT2D eigenvalue weighted by Crippen LogP contribution is -2.36. The third kappa shape index (κ3) is 5.80. The molecule has 0 aliphatic rings. The van der Waals surface area contributed by atoms with Gasteiger partial charge >= 0.3 is 5.97 Å². The predicted molar refractivity (Wildman–Crippen MR) is 80.5 cm³/mol. The summed E-state index contributed by atoms with van der Waals surface area (Å²) in [6, 6.07) is 4.80. The molecule has 0 heterocycles. The van der Waals surface area contributed by atoms with Crippen LogP contribution in [0.25, 0.3) is 0 Å². The summed E-state index contributed by atoms with van der Waals surface area (Å²) in [6.07, 6.45) is 0. The first-order chi connectivity index (χ1) is 9.47. The minimum atomic E-state index is -0.435. The van der Waals surface area contributed by atoms with Gasteiger partial charge in [-0.15, -0.1) is 12.4 Å². The van der Waals surface area contributed by atoms with Crippen LogP contribution in [0.4, 0.5) is 5.69 Å². The van der Waals surface area contributed by atoms with Crippen molar-refractivity contribution in [3.05, 3.63) is 29.3 Å². The van der Waals surface area contributed by atoms with E-state index in [0.29, 0.717) is 16.8 Å². The zero-order chi connectivity index (χ0) is 15.1. The molecule has 0 aliphatic heterocycles. The Kier molecular flexibility index (Phi) is 8.03. The number of esters is 1. The van der Waals surface area contributed by atoms with Crippen LogP contribution in [0.1, 0.15) is 15.9 Å². The fourth-order valence-corrected chi connectivity index (χ4v) is 1.54. The maximum absolute atomic E-state index is 11.6. The van der Waals surface area contributed by atoms with Crippen LogP contribution >= 0.6 is 12.4 Å². The molecule has 0 unspecified atom stereocenters. The van der Waals surface area contributed by atoms with Crippen molar-refractivity contribution < 1.29 is 19.1 Å². The maximum atomic E-state index is 11.6. The molecule has 0 aromatic heterocycles. The van der Waals surface area contributed by atoms with Gasteiger partial charge in [0.1, 0.15) is 0 Å². The van der Waals surface area contributed by atoms with Gasteiger partial charge in [0.2, 0.25) is 11.8 Å². The standard InChI is InChI=1S/C13H17N3O4.ClH/c1-8-5-9(3-4-10(8)13(19)20-2)16-12(18)7-15-11(17)6-14;/h3-5H,6-7,14H2,1-2H3,(H,15,17)(H,16,18);1H. The third-order valence-corrected chi connectivity index (χ3v) is 2.55. The molecule has 21 heavy (non-hydrogen) atoms. The van der Waals surface area contributed by atoms with Crippen LogP contribution in [0.5, 0.6) is 0 Å². The first kappa shape index (κ1) is 18.9. The lowest BCUT2D eigenvalue weighted by molar-refractivity contribution is -0.123. The van der Waals surface area contributed by atoms with E-state index < -0.39 is 11.9 Å². The molecule has 0 aliphatic carbocycles. The molecule has 0 radical (unpaired) electrons. The molecule has 7 nitrogen and oxygen atoms in total. The van der Waals surface area contributed by atoms with E-state index in [9.17, 15) is 14.4 Å². The monoisotopic (exact) mass is 315 g/mol. The minimum Gasteiger partial charge on any atom is -0.465 e. The summed E-state index contributed by atoms with van der Waals surface area (Å²) in [5.41, 5.74) is 6.74. The van der Waals surface area contributed by atoms with Crippen molar-refractivity contribution >= 4 is 35.9 Å². The highest BCUT2D eigenvalue weighted by Crippen LogP contribution is 2.15. The predicted octanol–water partition coefficient (Wildman–Crippen LogP) is 0.217. The van der Waals surface area contributed by atoms with Crippen LogP contribution in [0, 0.1) is 6.92 Å². The Morgan fingerprint density at radius 2 is 1.90 bits per heavy atom. The number of benzene rings is 1. The Morgan fingerprint density at radius 3 is 2.43 bits per heavy atom. The quantitative estimate of drug-likeness (QED) is 0.673. The van der Waals surface area contributed by atoms with E-state index in [2.05, 4.69) is 15.4 Å². The zero-order valence-corrected chi connectivity index (χ0v) is 12.6. The van der Waals surface area contributed by atoms with E-state index in [0.717, 1.165) is 0 Å². The number of hydrogen-bond donors (Lipinski definition) is 3. The van der Waals surface area contributed by atoms with Crippen molar-refractivity contribution in [1.82, 2.24) is 5.32 Å². The molecule has 1 aromatic rings. The van der Waals surface area contributed by atoms with Gasteiger partial charge in [0.25, 0.3) is 0 Å². The largest absolute Gasteiger partial charge is 0.465 e. The van der Waals surface area contributed by atoms with Crippen molar-refractivity contribution in [2.75, 3.05) is 25.5 Å². The van der Waals surface area contributed by atoms with Gasteiger partial charge in [-0.3, -0.25) is 9.59 Å². The van der Waals surface area contributed by atoms with Crippen molar-refractivity contribution in [2.24, 2.45) is 5.73 Å². The second-order valence-corrected chi connectivity index (χ2v) is 4.05. The van der Waals surface area contributed by atoms with Crippen LogP contribution in [0.3, 0.4) is 0 Å². The number of aryl methyl sites for hydroxylation is 1. The van der Waals surface area contributed by atoms with E-state index in [1.54, 1.807) is 25.1 Å². The Balaban J connectivity index is 0.00000400. The maximum Gasteiger partial charge on any atom is 0.338 e. The number of nitrogens with two attached hydrogens (primary N) is 1. The van der Waals surface area contributed by atoms with Gasteiger partial charge < -0.3 is 21.1 Å². The van der Waals surface area contributed by atoms with Gasteiger partial charge in [0, 0.05) is 5.69 Å². The van der Waals surface area contributed by atoms with Gasteiger partial charge in [0.05, 0.1) is 25.8 Å². The van der Waals surface area contributed by atoms with E-state index in [-0.39, 0.29) is 31.4 Å². The Hall–Kier alpha value is -2.12. The molecule has 0 saturated carbocycles. The second-order valence-electron chi connectivity index (χ2n) is 4.05. The number of carbonyl (C=O) groups is 3. The number of nitrogens with one attached hydrogen (secondary N) is 2. The summed E-state index contributed by atoms with van der Waals surface area (Å²) < 4.78 is 4.63. The van der Waals surface area contributed by atoms with Crippen molar-refractivity contribution in [3.63, 3.8) is 0 Å². The number of hydrogen-bond acceptors (Lipinski definition) is 5. The fourth-order valence-electron chi connectivity index (χ4n) is 1.54. The first-order valence-electron chi connectivity index (χ1n) is 5.93. The summed E-state index contributed by atoms with van der Waals surface area (Å²) in [4.78, 5) is 33.9. The van der Waals surface area contributed by atoms with Crippen LogP contribution < -0.4 is 16.4 Å². The fraction of sp³-hybridized carbons (Fsp3) is 0.308. The highest BCUT2D eigenvalue weighted by atomic mass is 35.5. The molecule has 0 spiro atoms. The Bertz CT molecular complexity index is 534. The second kappa shape index (κ2) is 8.93. The Morgan fingerprint density at radius 1 is 1.24 bits per heavy atom. The SMILES string of the molecule is COC(=O)c1ccc(NC(=O)CNC(=O)CN)cc1C.Cl. The highest BCUT2D eigenvalue weighted by molar-refractivity contribution is 5.96. The van der Waals surface area contributed by atoms with Gasteiger partial charge in [-0.1, -0.05) is 0 Å². The van der Waals surface area contributed by atoms with Crippen molar-refractivity contribution in [2.45, 2.75) is 6.92 Å².